The summed E-state index contributed by atoms with van der Waals surface area (Å²) < 4.78 is 1.75. The maximum atomic E-state index is 10.8. The molecule has 4 nitrogen and oxygen atoms in total. The summed E-state index contributed by atoms with van der Waals surface area (Å²) in [5, 5.41) is 0. The normalized spacial score (nSPS) is 10.3. The molecule has 0 radical (unpaired) electrons. The van der Waals surface area contributed by atoms with Crippen LogP contribution in [0, 0.1) is 0 Å². The van der Waals surface area contributed by atoms with E-state index in [2.05, 4.69) is 4.98 Å². The average molecular weight is 161 g/mol. The van der Waals surface area contributed by atoms with Gasteiger partial charge in [0.25, 0.3) is 5.91 Å². The first kappa shape index (κ1) is 6.84. The zero-order valence-electron chi connectivity index (χ0n) is 6.27. The Hall–Kier alpha value is -1.84. The van der Waals surface area contributed by atoms with Gasteiger partial charge in [-0.25, -0.2) is 4.98 Å². The summed E-state index contributed by atoms with van der Waals surface area (Å²) in [4.78, 5) is 14.9. The summed E-state index contributed by atoms with van der Waals surface area (Å²) in [7, 11) is 0. The van der Waals surface area contributed by atoms with Crippen molar-refractivity contribution in [3.63, 3.8) is 0 Å². The molecule has 0 aromatic carbocycles. The summed E-state index contributed by atoms with van der Waals surface area (Å²) in [5.74, 6) is -0.448. The number of aromatic nitrogens is 2. The van der Waals surface area contributed by atoms with Crippen LogP contribution in [-0.4, -0.2) is 15.3 Å². The third-order valence-electron chi connectivity index (χ3n) is 1.68. The zero-order valence-corrected chi connectivity index (χ0v) is 6.27. The Bertz CT molecular complexity index is 433. The molecule has 0 saturated heterocycles. The van der Waals surface area contributed by atoms with Crippen molar-refractivity contribution in [1.29, 1.82) is 0 Å². The lowest BCUT2D eigenvalue weighted by Gasteiger charge is -1.92. The van der Waals surface area contributed by atoms with Crippen molar-refractivity contribution in [2.75, 3.05) is 0 Å². The van der Waals surface area contributed by atoms with Crippen molar-refractivity contribution >= 4 is 11.6 Å². The van der Waals surface area contributed by atoms with Gasteiger partial charge in [0.1, 0.15) is 5.65 Å². The molecule has 4 heteroatoms. The number of primary amides is 1. The largest absolute Gasteiger partial charge is 0.365 e. The first-order chi connectivity index (χ1) is 5.79. The molecule has 1 amide bonds. The fraction of sp³-hybridized carbons (Fsp3) is 0. The van der Waals surface area contributed by atoms with Gasteiger partial charge in [0, 0.05) is 18.6 Å². The van der Waals surface area contributed by atoms with E-state index in [0.717, 1.165) is 0 Å². The summed E-state index contributed by atoms with van der Waals surface area (Å²) in [6, 6.07) is 3.45. The minimum absolute atomic E-state index is 0.448. The van der Waals surface area contributed by atoms with Gasteiger partial charge in [0.05, 0.1) is 5.56 Å². The lowest BCUT2D eigenvalue weighted by molar-refractivity contribution is 0.100. The molecule has 12 heavy (non-hydrogen) atoms. The van der Waals surface area contributed by atoms with Gasteiger partial charge in [-0.05, 0) is 12.1 Å². The maximum absolute atomic E-state index is 10.8. The average Bonchev–Trinajstić information content (AvgIpc) is 2.47. The van der Waals surface area contributed by atoms with E-state index in [9.17, 15) is 4.79 Å². The van der Waals surface area contributed by atoms with Gasteiger partial charge >= 0.3 is 0 Å². The standard InChI is InChI=1S/C8H7N3O/c9-7(12)6-2-5-11-4-1-3-10-8(6)11/h1-5H,(H2,9,12). The fourth-order valence-corrected chi connectivity index (χ4v) is 1.13. The lowest BCUT2D eigenvalue weighted by Crippen LogP contribution is -2.10. The van der Waals surface area contributed by atoms with Crippen molar-refractivity contribution in [3.8, 4) is 0 Å². The summed E-state index contributed by atoms with van der Waals surface area (Å²) in [5.41, 5.74) is 6.19. The van der Waals surface area contributed by atoms with Crippen LogP contribution >= 0.6 is 0 Å². The van der Waals surface area contributed by atoms with Gasteiger partial charge in [-0.3, -0.25) is 4.79 Å². The zero-order chi connectivity index (χ0) is 8.55. The third-order valence-corrected chi connectivity index (χ3v) is 1.68. The van der Waals surface area contributed by atoms with E-state index in [-0.39, 0.29) is 0 Å². The Morgan fingerprint density at radius 3 is 3.08 bits per heavy atom. The van der Waals surface area contributed by atoms with Crippen LogP contribution in [-0.2, 0) is 0 Å². The molecule has 0 aliphatic carbocycles. The smallest absolute Gasteiger partial charge is 0.252 e. The van der Waals surface area contributed by atoms with Crippen LogP contribution in [0.25, 0.3) is 5.65 Å². The Balaban J connectivity index is 2.79. The molecule has 60 valence electrons. The van der Waals surface area contributed by atoms with E-state index >= 15 is 0 Å². The number of amides is 1. The van der Waals surface area contributed by atoms with Crippen molar-refractivity contribution in [3.05, 3.63) is 36.3 Å². The fourth-order valence-electron chi connectivity index (χ4n) is 1.13. The number of fused-ring (bicyclic) bond motifs is 1. The maximum Gasteiger partial charge on any atom is 0.252 e. The SMILES string of the molecule is NC(=O)c1ccn2cccnc12. The minimum atomic E-state index is -0.448. The molecule has 0 atom stereocenters. The van der Waals surface area contributed by atoms with E-state index in [1.807, 2.05) is 6.20 Å². The van der Waals surface area contributed by atoms with E-state index < -0.39 is 5.91 Å². The van der Waals surface area contributed by atoms with Crippen molar-refractivity contribution in [2.24, 2.45) is 5.73 Å². The third kappa shape index (κ3) is 0.852. The van der Waals surface area contributed by atoms with Crippen LogP contribution in [0.3, 0.4) is 0 Å². The van der Waals surface area contributed by atoms with E-state index in [1.165, 1.54) is 0 Å². The molecule has 2 aromatic rings. The highest BCUT2D eigenvalue weighted by Gasteiger charge is 2.06. The van der Waals surface area contributed by atoms with Gasteiger partial charge in [-0.1, -0.05) is 0 Å². The minimum Gasteiger partial charge on any atom is -0.365 e. The van der Waals surface area contributed by atoms with Crippen molar-refractivity contribution in [2.45, 2.75) is 0 Å². The predicted molar refractivity (Wildman–Crippen MR) is 43.7 cm³/mol. The monoisotopic (exact) mass is 161 g/mol. The van der Waals surface area contributed by atoms with Gasteiger partial charge in [0.15, 0.2) is 0 Å². The second kappa shape index (κ2) is 2.34. The van der Waals surface area contributed by atoms with Crippen LogP contribution in [0.2, 0.25) is 0 Å². The number of nitrogens with zero attached hydrogens (tertiary/aromatic N) is 2. The number of carbonyl (C=O) groups excluding carboxylic acids is 1. The topological polar surface area (TPSA) is 60.4 Å². The molecule has 2 N–H and O–H groups in total. The molecule has 0 aliphatic heterocycles. The quantitative estimate of drug-likeness (QED) is 0.659. The molecule has 0 bridgehead atoms. The Labute approximate surface area is 68.6 Å². The van der Waals surface area contributed by atoms with E-state index in [0.29, 0.717) is 11.2 Å². The highest BCUT2D eigenvalue weighted by molar-refractivity contribution is 5.98. The second-order valence-electron chi connectivity index (χ2n) is 2.44. The number of hydrogen-bond acceptors (Lipinski definition) is 2. The van der Waals surface area contributed by atoms with Crippen LogP contribution in [0.4, 0.5) is 0 Å². The van der Waals surface area contributed by atoms with Crippen LogP contribution in [0.1, 0.15) is 10.4 Å². The number of nitrogens with two attached hydrogens (primary N) is 1. The Kier molecular flexibility index (Phi) is 1.33. The molecular weight excluding hydrogens is 154 g/mol. The van der Waals surface area contributed by atoms with Gasteiger partial charge in [-0.15, -0.1) is 0 Å². The molecular formula is C8H7N3O. The first-order valence-corrected chi connectivity index (χ1v) is 3.50. The highest BCUT2D eigenvalue weighted by atomic mass is 16.1. The number of hydrogen-bond donors (Lipinski definition) is 1. The lowest BCUT2D eigenvalue weighted by atomic mass is 10.3. The van der Waals surface area contributed by atoms with Crippen LogP contribution < -0.4 is 5.73 Å². The molecule has 0 spiro atoms. The van der Waals surface area contributed by atoms with Gasteiger partial charge < -0.3 is 10.1 Å². The second-order valence-corrected chi connectivity index (χ2v) is 2.44. The van der Waals surface area contributed by atoms with Crippen molar-refractivity contribution in [1.82, 2.24) is 9.38 Å². The Morgan fingerprint density at radius 1 is 1.50 bits per heavy atom. The number of rotatable bonds is 1. The summed E-state index contributed by atoms with van der Waals surface area (Å²) >= 11 is 0. The predicted octanol–water partition coefficient (Wildman–Crippen LogP) is 0.433. The molecule has 0 fully saturated rings. The van der Waals surface area contributed by atoms with Crippen LogP contribution in [0.15, 0.2) is 30.7 Å². The molecule has 0 saturated carbocycles. The molecule has 2 heterocycles. The van der Waals surface area contributed by atoms with Gasteiger partial charge in [0.2, 0.25) is 0 Å². The number of carbonyl (C=O) groups is 1. The first-order valence-electron chi connectivity index (χ1n) is 3.50. The van der Waals surface area contributed by atoms with Gasteiger partial charge in [-0.2, -0.15) is 0 Å². The molecule has 0 aliphatic rings. The van der Waals surface area contributed by atoms with Crippen LogP contribution in [0.5, 0.6) is 0 Å². The highest BCUT2D eigenvalue weighted by Crippen LogP contribution is 2.07. The van der Waals surface area contributed by atoms with E-state index in [1.54, 1.807) is 28.9 Å². The molecule has 0 unspecified atom stereocenters. The van der Waals surface area contributed by atoms with E-state index in [4.69, 9.17) is 5.73 Å². The Morgan fingerprint density at radius 2 is 2.33 bits per heavy atom. The van der Waals surface area contributed by atoms with Crippen molar-refractivity contribution < 1.29 is 4.79 Å². The molecule has 2 aromatic heterocycles. The summed E-state index contributed by atoms with van der Waals surface area (Å²) in [6.07, 6.45) is 5.19. The summed E-state index contributed by atoms with van der Waals surface area (Å²) in [6.45, 7) is 0. The molecule has 2 rings (SSSR count).